The molecule has 0 spiro atoms. The molecule has 0 aliphatic heterocycles. The molecule has 1 aromatic rings. The maximum absolute atomic E-state index is 12.2. The van der Waals surface area contributed by atoms with Crippen LogP contribution in [0.5, 0.6) is 0 Å². The number of amides is 1. The highest BCUT2D eigenvalue weighted by molar-refractivity contribution is 7.99. The van der Waals surface area contributed by atoms with Crippen molar-refractivity contribution in [2.45, 2.75) is 37.3 Å². The molecule has 1 aromatic carbocycles. The van der Waals surface area contributed by atoms with Crippen molar-refractivity contribution in [3.05, 3.63) is 24.3 Å². The molecule has 5 heteroatoms. The number of nitrogens with one attached hydrogen (secondary N) is 1. The first kappa shape index (κ1) is 15.0. The topological polar surface area (TPSA) is 29.1 Å². The average Bonchev–Trinajstić information content (AvgIpc) is 2.30. The van der Waals surface area contributed by atoms with E-state index >= 15 is 0 Å². The zero-order chi connectivity index (χ0) is 13.5. The second-order valence-electron chi connectivity index (χ2n) is 3.91. The van der Waals surface area contributed by atoms with Gasteiger partial charge in [-0.2, -0.15) is 8.78 Å². The van der Waals surface area contributed by atoms with Gasteiger partial charge in [-0.05, 0) is 31.0 Å². The zero-order valence-electron chi connectivity index (χ0n) is 10.5. The van der Waals surface area contributed by atoms with Gasteiger partial charge < -0.3 is 5.32 Å². The summed E-state index contributed by atoms with van der Waals surface area (Å²) >= 11 is 0.475. The van der Waals surface area contributed by atoms with Gasteiger partial charge in [0.25, 0.3) is 5.76 Å². The van der Waals surface area contributed by atoms with E-state index in [9.17, 15) is 13.6 Å². The minimum absolute atomic E-state index is 0.0311. The molecule has 0 heterocycles. The molecule has 0 bridgehead atoms. The molecule has 0 atom stereocenters. The molecule has 0 aromatic heterocycles. The molecule has 1 N–H and O–H groups in total. The van der Waals surface area contributed by atoms with Crippen LogP contribution in [0.15, 0.2) is 29.2 Å². The van der Waals surface area contributed by atoms with Crippen LogP contribution in [0.2, 0.25) is 0 Å². The van der Waals surface area contributed by atoms with Crippen molar-refractivity contribution in [3.8, 4) is 0 Å². The van der Waals surface area contributed by atoms with Crippen LogP contribution in [0.1, 0.15) is 26.7 Å². The Morgan fingerprint density at radius 3 is 2.56 bits per heavy atom. The van der Waals surface area contributed by atoms with E-state index < -0.39 is 5.76 Å². The van der Waals surface area contributed by atoms with E-state index in [2.05, 4.69) is 5.32 Å². The lowest BCUT2D eigenvalue weighted by Gasteiger charge is -2.13. The van der Waals surface area contributed by atoms with Crippen molar-refractivity contribution in [3.63, 3.8) is 0 Å². The molecular formula is C13H17F2NOS. The quantitative estimate of drug-likeness (QED) is 0.779. The van der Waals surface area contributed by atoms with Crippen molar-refractivity contribution in [1.29, 1.82) is 0 Å². The van der Waals surface area contributed by atoms with Crippen LogP contribution in [0.3, 0.4) is 0 Å². The standard InChI is InChI=1S/C13H17F2NOS/c1-3-9(4-2)12(17)16-10-6-5-7-11(8-10)18-13(14)15/h5-9,13H,3-4H2,1-2H3,(H,16,17). The Labute approximate surface area is 110 Å². The van der Waals surface area contributed by atoms with Crippen LogP contribution >= 0.6 is 11.8 Å². The van der Waals surface area contributed by atoms with Crippen LogP contribution in [-0.2, 0) is 4.79 Å². The van der Waals surface area contributed by atoms with E-state index in [1.165, 1.54) is 0 Å². The molecule has 0 unspecified atom stereocenters. The second-order valence-corrected chi connectivity index (χ2v) is 4.97. The smallest absolute Gasteiger partial charge is 0.288 e. The van der Waals surface area contributed by atoms with Gasteiger partial charge in [0.15, 0.2) is 0 Å². The van der Waals surface area contributed by atoms with Gasteiger partial charge >= 0.3 is 0 Å². The highest BCUT2D eigenvalue weighted by Crippen LogP contribution is 2.27. The molecule has 0 saturated carbocycles. The van der Waals surface area contributed by atoms with Gasteiger partial charge in [-0.3, -0.25) is 4.79 Å². The molecule has 18 heavy (non-hydrogen) atoms. The minimum atomic E-state index is -2.45. The van der Waals surface area contributed by atoms with E-state index in [0.29, 0.717) is 22.3 Å². The first-order chi connectivity index (χ1) is 8.56. The van der Waals surface area contributed by atoms with Gasteiger partial charge in [0, 0.05) is 16.5 Å². The summed E-state index contributed by atoms with van der Waals surface area (Å²) < 4.78 is 24.5. The molecule has 0 radical (unpaired) electrons. The number of benzene rings is 1. The summed E-state index contributed by atoms with van der Waals surface area (Å²) in [7, 11) is 0. The van der Waals surface area contributed by atoms with E-state index in [1.807, 2.05) is 13.8 Å². The normalized spacial score (nSPS) is 11.0. The van der Waals surface area contributed by atoms with Gasteiger partial charge in [0.05, 0.1) is 0 Å². The number of rotatable bonds is 6. The molecule has 0 fully saturated rings. The summed E-state index contributed by atoms with van der Waals surface area (Å²) in [6.07, 6.45) is 1.54. The lowest BCUT2D eigenvalue weighted by molar-refractivity contribution is -0.120. The predicted molar refractivity (Wildman–Crippen MR) is 71.0 cm³/mol. The van der Waals surface area contributed by atoms with E-state index in [-0.39, 0.29) is 11.8 Å². The Balaban J connectivity index is 2.69. The zero-order valence-corrected chi connectivity index (χ0v) is 11.3. The molecule has 1 rings (SSSR count). The summed E-state index contributed by atoms with van der Waals surface area (Å²) in [4.78, 5) is 12.3. The molecule has 0 aliphatic rings. The summed E-state index contributed by atoms with van der Waals surface area (Å²) in [6.45, 7) is 3.91. The summed E-state index contributed by atoms with van der Waals surface area (Å²) in [6, 6.07) is 6.53. The number of carbonyl (C=O) groups is 1. The maximum atomic E-state index is 12.2. The van der Waals surface area contributed by atoms with Crippen LogP contribution in [0.4, 0.5) is 14.5 Å². The fourth-order valence-corrected chi connectivity index (χ4v) is 2.21. The van der Waals surface area contributed by atoms with Gasteiger partial charge in [-0.15, -0.1) is 0 Å². The number of carbonyl (C=O) groups excluding carboxylic acids is 1. The highest BCUT2D eigenvalue weighted by atomic mass is 32.2. The SMILES string of the molecule is CCC(CC)C(=O)Nc1cccc(SC(F)F)c1. The average molecular weight is 273 g/mol. The highest BCUT2D eigenvalue weighted by Gasteiger charge is 2.14. The molecule has 2 nitrogen and oxygen atoms in total. The van der Waals surface area contributed by atoms with E-state index in [1.54, 1.807) is 24.3 Å². The first-order valence-corrected chi connectivity index (χ1v) is 6.80. The minimum Gasteiger partial charge on any atom is -0.326 e. The van der Waals surface area contributed by atoms with Gasteiger partial charge in [-0.25, -0.2) is 0 Å². The number of hydrogen-bond acceptors (Lipinski definition) is 2. The lowest BCUT2D eigenvalue weighted by Crippen LogP contribution is -2.21. The van der Waals surface area contributed by atoms with Crippen LogP contribution < -0.4 is 5.32 Å². The molecule has 1 amide bonds. The number of thioether (sulfide) groups is 1. The third kappa shape index (κ3) is 4.64. The molecule has 0 saturated heterocycles. The second kappa shape index (κ2) is 7.36. The van der Waals surface area contributed by atoms with Gasteiger partial charge in [0.2, 0.25) is 5.91 Å². The van der Waals surface area contributed by atoms with Crippen molar-refractivity contribution >= 4 is 23.4 Å². The fraction of sp³-hybridized carbons (Fsp3) is 0.462. The molecule has 100 valence electrons. The van der Waals surface area contributed by atoms with E-state index in [0.717, 1.165) is 12.8 Å². The number of alkyl halides is 2. The summed E-state index contributed by atoms with van der Waals surface area (Å²) in [5.41, 5.74) is 0.567. The summed E-state index contributed by atoms with van der Waals surface area (Å²) in [5, 5.41) is 2.76. The number of anilines is 1. The van der Waals surface area contributed by atoms with Crippen molar-refractivity contribution < 1.29 is 13.6 Å². The van der Waals surface area contributed by atoms with Crippen molar-refractivity contribution in [2.75, 3.05) is 5.32 Å². The monoisotopic (exact) mass is 273 g/mol. The lowest BCUT2D eigenvalue weighted by atomic mass is 10.0. The van der Waals surface area contributed by atoms with Crippen LogP contribution in [-0.4, -0.2) is 11.7 Å². The van der Waals surface area contributed by atoms with Gasteiger partial charge in [0.1, 0.15) is 0 Å². The number of hydrogen-bond donors (Lipinski definition) is 1. The third-order valence-corrected chi connectivity index (χ3v) is 3.39. The number of halogens is 2. The predicted octanol–water partition coefficient (Wildman–Crippen LogP) is 4.38. The Bertz CT molecular complexity index is 394. The maximum Gasteiger partial charge on any atom is 0.288 e. The van der Waals surface area contributed by atoms with Crippen molar-refractivity contribution in [2.24, 2.45) is 5.92 Å². The van der Waals surface area contributed by atoms with E-state index in [4.69, 9.17) is 0 Å². The Kier molecular flexibility index (Phi) is 6.12. The van der Waals surface area contributed by atoms with Crippen LogP contribution in [0.25, 0.3) is 0 Å². The van der Waals surface area contributed by atoms with Gasteiger partial charge in [-0.1, -0.05) is 31.7 Å². The Hall–Kier alpha value is -1.10. The first-order valence-electron chi connectivity index (χ1n) is 5.92. The summed E-state index contributed by atoms with van der Waals surface area (Å²) in [5.74, 6) is -2.54. The van der Waals surface area contributed by atoms with Crippen molar-refractivity contribution in [1.82, 2.24) is 0 Å². The Morgan fingerprint density at radius 1 is 1.33 bits per heavy atom. The Morgan fingerprint density at radius 2 is 2.00 bits per heavy atom. The third-order valence-electron chi connectivity index (χ3n) is 2.68. The fourth-order valence-electron chi connectivity index (χ4n) is 1.65. The molecule has 0 aliphatic carbocycles. The largest absolute Gasteiger partial charge is 0.326 e. The van der Waals surface area contributed by atoms with Crippen LogP contribution in [0, 0.1) is 5.92 Å². The molecular weight excluding hydrogens is 256 g/mol.